The lowest BCUT2D eigenvalue weighted by molar-refractivity contribution is -0.119. The van der Waals surface area contributed by atoms with Crippen LogP contribution >= 0.6 is 0 Å². The summed E-state index contributed by atoms with van der Waals surface area (Å²) in [5.74, 6) is 5.05. The Hall–Kier alpha value is -0.630. The number of carbonyl (C=O) groups excluding carboxylic acids is 1. The molecule has 0 aliphatic heterocycles. The van der Waals surface area contributed by atoms with E-state index in [1.807, 2.05) is 6.08 Å². The third-order valence-corrected chi connectivity index (χ3v) is 10.2. The van der Waals surface area contributed by atoms with E-state index in [1.54, 1.807) is 0 Å². The van der Waals surface area contributed by atoms with Crippen molar-refractivity contribution in [3.05, 3.63) is 11.6 Å². The molecule has 0 heterocycles. The van der Waals surface area contributed by atoms with Crippen molar-refractivity contribution in [3.8, 4) is 0 Å². The van der Waals surface area contributed by atoms with Gasteiger partial charge in [0.05, 0.1) is 6.61 Å². The van der Waals surface area contributed by atoms with Crippen LogP contribution < -0.4 is 0 Å². The normalized spacial score (nSPS) is 42.8. The zero-order valence-electron chi connectivity index (χ0n) is 19.4. The lowest BCUT2D eigenvalue weighted by Gasteiger charge is -2.59. The summed E-state index contributed by atoms with van der Waals surface area (Å²) in [6, 6.07) is 0. The van der Waals surface area contributed by atoms with Crippen molar-refractivity contribution in [2.45, 2.75) is 98.3 Å². The first-order valence-corrected chi connectivity index (χ1v) is 12.7. The second-order valence-corrected chi connectivity index (χ2v) is 11.9. The fraction of sp³-hybridized carbons (Fsp3) is 0.889. The Morgan fingerprint density at radius 3 is 2.55 bits per heavy atom. The fourth-order valence-corrected chi connectivity index (χ4v) is 8.68. The number of hydrogen-bond donors (Lipinski definition) is 1. The van der Waals surface area contributed by atoms with Gasteiger partial charge >= 0.3 is 0 Å². The molecule has 29 heavy (non-hydrogen) atoms. The first-order chi connectivity index (χ1) is 13.8. The van der Waals surface area contributed by atoms with Gasteiger partial charge in [0.25, 0.3) is 0 Å². The molecule has 0 aromatic carbocycles. The number of carbonyl (C=O) groups is 1. The molecule has 0 aromatic heterocycles. The Morgan fingerprint density at radius 1 is 1.03 bits per heavy atom. The molecule has 4 aliphatic carbocycles. The zero-order valence-corrected chi connectivity index (χ0v) is 19.4. The van der Waals surface area contributed by atoms with Gasteiger partial charge in [-0.3, -0.25) is 4.79 Å². The van der Waals surface area contributed by atoms with E-state index in [4.69, 9.17) is 0 Å². The summed E-state index contributed by atoms with van der Waals surface area (Å²) >= 11 is 0. The van der Waals surface area contributed by atoms with Crippen molar-refractivity contribution in [1.29, 1.82) is 0 Å². The standard InChI is InChI=1S/C27H44O2/c1-18(2)6-5-7-19(3)23-10-11-24-22-9-8-20-16-21(29)12-15-27(20,17-28)25(22)13-14-26(23,24)4/h16,18-19,22-25,28H,5-15,17H2,1-4H3/t19-,22+,23-,24+,25+,26-,27-/m1/s1. The van der Waals surface area contributed by atoms with E-state index < -0.39 is 0 Å². The summed E-state index contributed by atoms with van der Waals surface area (Å²) in [5, 5.41) is 10.5. The van der Waals surface area contributed by atoms with Crippen LogP contribution in [0.4, 0.5) is 0 Å². The van der Waals surface area contributed by atoms with Crippen molar-refractivity contribution >= 4 is 5.78 Å². The highest BCUT2D eigenvalue weighted by Crippen LogP contribution is 2.67. The third kappa shape index (κ3) is 3.56. The van der Waals surface area contributed by atoms with Crippen molar-refractivity contribution in [3.63, 3.8) is 0 Å². The van der Waals surface area contributed by atoms with Crippen LogP contribution in [0.15, 0.2) is 11.6 Å². The molecule has 3 fully saturated rings. The van der Waals surface area contributed by atoms with Crippen molar-refractivity contribution < 1.29 is 9.90 Å². The van der Waals surface area contributed by atoms with Crippen LogP contribution in [0.5, 0.6) is 0 Å². The summed E-state index contributed by atoms with van der Waals surface area (Å²) in [4.78, 5) is 12.1. The number of fused-ring (bicyclic) bond motifs is 5. The Bertz CT molecular complexity index is 649. The van der Waals surface area contributed by atoms with Crippen LogP contribution in [0.25, 0.3) is 0 Å². The number of aliphatic hydroxyl groups is 1. The quantitative estimate of drug-likeness (QED) is 0.547. The molecule has 4 rings (SSSR count). The van der Waals surface area contributed by atoms with Gasteiger partial charge in [-0.05, 0) is 91.9 Å². The summed E-state index contributed by atoms with van der Waals surface area (Å²) in [7, 11) is 0. The lowest BCUT2D eigenvalue weighted by Crippen LogP contribution is -2.53. The minimum atomic E-state index is -0.0703. The van der Waals surface area contributed by atoms with Crippen molar-refractivity contribution in [2.75, 3.05) is 6.61 Å². The number of aliphatic hydroxyl groups excluding tert-OH is 1. The van der Waals surface area contributed by atoms with Gasteiger partial charge in [0.2, 0.25) is 0 Å². The monoisotopic (exact) mass is 400 g/mol. The van der Waals surface area contributed by atoms with Gasteiger partial charge in [-0.25, -0.2) is 0 Å². The molecule has 0 saturated heterocycles. The Kier molecular flexibility index (Phi) is 6.06. The van der Waals surface area contributed by atoms with Gasteiger partial charge in [0.1, 0.15) is 0 Å². The second kappa shape index (κ2) is 8.13. The average molecular weight is 401 g/mol. The van der Waals surface area contributed by atoms with E-state index in [2.05, 4.69) is 27.7 Å². The van der Waals surface area contributed by atoms with Crippen molar-refractivity contribution in [2.24, 2.45) is 46.3 Å². The van der Waals surface area contributed by atoms with Crippen LogP contribution in [-0.4, -0.2) is 17.5 Å². The van der Waals surface area contributed by atoms with Crippen LogP contribution in [0, 0.1) is 46.3 Å². The number of rotatable bonds is 6. The SMILES string of the molecule is CC(C)CCC[C@@H](C)[C@H]1CC[C@H]2[C@@H]3CCC4=CC(=O)CC[C@]4(CO)[C@H]3CC[C@]12C. The van der Waals surface area contributed by atoms with E-state index >= 15 is 0 Å². The maximum Gasteiger partial charge on any atom is 0.155 e. The first-order valence-electron chi connectivity index (χ1n) is 12.7. The maximum absolute atomic E-state index is 12.1. The maximum atomic E-state index is 12.1. The Morgan fingerprint density at radius 2 is 1.83 bits per heavy atom. The predicted octanol–water partition coefficient (Wildman–Crippen LogP) is 6.57. The van der Waals surface area contributed by atoms with Crippen LogP contribution in [0.1, 0.15) is 98.3 Å². The summed E-state index contributed by atoms with van der Waals surface area (Å²) < 4.78 is 0. The predicted molar refractivity (Wildman–Crippen MR) is 119 cm³/mol. The molecular weight excluding hydrogens is 356 g/mol. The molecule has 4 aliphatic rings. The minimum Gasteiger partial charge on any atom is -0.395 e. The fourth-order valence-electron chi connectivity index (χ4n) is 8.68. The van der Waals surface area contributed by atoms with Crippen molar-refractivity contribution in [1.82, 2.24) is 0 Å². The van der Waals surface area contributed by atoms with E-state index in [0.29, 0.717) is 23.5 Å². The van der Waals surface area contributed by atoms with Gasteiger partial charge in [0.15, 0.2) is 5.78 Å². The van der Waals surface area contributed by atoms with Gasteiger partial charge in [-0.2, -0.15) is 0 Å². The molecule has 3 saturated carbocycles. The Labute approximate surface area is 178 Å². The number of hydrogen-bond acceptors (Lipinski definition) is 2. The zero-order chi connectivity index (χ0) is 20.8. The molecule has 1 N–H and O–H groups in total. The van der Waals surface area contributed by atoms with Crippen LogP contribution in [0.2, 0.25) is 0 Å². The molecule has 0 spiro atoms. The lowest BCUT2D eigenvalue weighted by atomic mass is 9.46. The van der Waals surface area contributed by atoms with E-state index in [0.717, 1.165) is 42.4 Å². The molecule has 164 valence electrons. The molecule has 2 heteroatoms. The first kappa shape index (κ1) is 21.6. The molecular formula is C27H44O2. The summed E-state index contributed by atoms with van der Waals surface area (Å²) in [6.07, 6.45) is 15.3. The van der Waals surface area contributed by atoms with Gasteiger partial charge in [0, 0.05) is 11.8 Å². The third-order valence-electron chi connectivity index (χ3n) is 10.2. The smallest absolute Gasteiger partial charge is 0.155 e. The minimum absolute atomic E-state index is 0.0703. The van der Waals surface area contributed by atoms with Crippen LogP contribution in [0.3, 0.4) is 0 Å². The molecule has 0 radical (unpaired) electrons. The molecule has 0 unspecified atom stereocenters. The molecule has 0 aromatic rings. The summed E-state index contributed by atoms with van der Waals surface area (Å²) in [6.45, 7) is 10.1. The van der Waals surface area contributed by atoms with E-state index in [9.17, 15) is 9.90 Å². The van der Waals surface area contributed by atoms with E-state index in [1.165, 1.54) is 56.9 Å². The van der Waals surface area contributed by atoms with Crippen LogP contribution in [-0.2, 0) is 4.79 Å². The topological polar surface area (TPSA) is 37.3 Å². The molecule has 2 nitrogen and oxygen atoms in total. The van der Waals surface area contributed by atoms with Gasteiger partial charge < -0.3 is 5.11 Å². The average Bonchev–Trinajstić information content (AvgIpc) is 3.04. The highest BCUT2D eigenvalue weighted by Gasteiger charge is 2.60. The molecule has 0 amide bonds. The molecule has 0 bridgehead atoms. The largest absolute Gasteiger partial charge is 0.395 e. The second-order valence-electron chi connectivity index (χ2n) is 11.9. The van der Waals surface area contributed by atoms with E-state index in [-0.39, 0.29) is 12.0 Å². The number of ketones is 1. The van der Waals surface area contributed by atoms with Gasteiger partial charge in [-0.15, -0.1) is 0 Å². The Balaban J connectivity index is 1.52. The highest BCUT2D eigenvalue weighted by atomic mass is 16.3. The summed E-state index contributed by atoms with van der Waals surface area (Å²) in [5.41, 5.74) is 1.73. The highest BCUT2D eigenvalue weighted by molar-refractivity contribution is 5.91. The van der Waals surface area contributed by atoms with Gasteiger partial charge in [-0.1, -0.05) is 52.5 Å². The molecule has 7 atom stereocenters.